The SMILES string of the molecule is CCCCCC=CCC=CCC(CC(O)CC(=O)O)O[C@@H]1CCCCO1. The van der Waals surface area contributed by atoms with Gasteiger partial charge in [0, 0.05) is 13.0 Å². The zero-order valence-corrected chi connectivity index (χ0v) is 16.1. The topological polar surface area (TPSA) is 76.0 Å². The van der Waals surface area contributed by atoms with Gasteiger partial charge in [-0.05, 0) is 44.9 Å². The Balaban J connectivity index is 2.36. The summed E-state index contributed by atoms with van der Waals surface area (Å²) < 4.78 is 11.6. The van der Waals surface area contributed by atoms with E-state index in [0.29, 0.717) is 19.4 Å². The number of hydrogen-bond donors (Lipinski definition) is 2. The Morgan fingerprint density at radius 2 is 2.04 bits per heavy atom. The lowest BCUT2D eigenvalue weighted by atomic mass is 10.1. The minimum Gasteiger partial charge on any atom is -0.481 e. The van der Waals surface area contributed by atoms with Gasteiger partial charge in [-0.1, -0.05) is 44.1 Å². The van der Waals surface area contributed by atoms with Crippen molar-refractivity contribution in [2.75, 3.05) is 6.61 Å². The van der Waals surface area contributed by atoms with E-state index in [9.17, 15) is 9.90 Å². The number of allylic oxidation sites excluding steroid dienone is 3. The van der Waals surface area contributed by atoms with Crippen LogP contribution in [-0.2, 0) is 14.3 Å². The minimum atomic E-state index is -0.992. The van der Waals surface area contributed by atoms with Gasteiger partial charge < -0.3 is 19.7 Å². The number of unbranched alkanes of at least 4 members (excludes halogenated alkanes) is 3. The van der Waals surface area contributed by atoms with Crippen LogP contribution in [0.15, 0.2) is 24.3 Å². The lowest BCUT2D eigenvalue weighted by Crippen LogP contribution is -2.30. The molecule has 0 saturated carbocycles. The first kappa shape index (κ1) is 22.9. The molecule has 0 radical (unpaired) electrons. The van der Waals surface area contributed by atoms with E-state index in [0.717, 1.165) is 32.1 Å². The van der Waals surface area contributed by atoms with E-state index in [1.165, 1.54) is 19.3 Å². The van der Waals surface area contributed by atoms with Gasteiger partial charge in [0.2, 0.25) is 0 Å². The van der Waals surface area contributed by atoms with Crippen molar-refractivity contribution in [2.24, 2.45) is 0 Å². The molecule has 150 valence electrons. The van der Waals surface area contributed by atoms with Crippen LogP contribution >= 0.6 is 0 Å². The molecule has 1 rings (SSSR count). The molecule has 0 amide bonds. The van der Waals surface area contributed by atoms with Crippen molar-refractivity contribution >= 4 is 5.97 Å². The number of aliphatic hydroxyl groups is 1. The van der Waals surface area contributed by atoms with Crippen molar-refractivity contribution in [1.29, 1.82) is 0 Å². The van der Waals surface area contributed by atoms with Gasteiger partial charge in [0.1, 0.15) is 0 Å². The van der Waals surface area contributed by atoms with Gasteiger partial charge in [-0.15, -0.1) is 0 Å². The predicted molar refractivity (Wildman–Crippen MR) is 103 cm³/mol. The number of rotatable bonds is 14. The number of hydrogen-bond acceptors (Lipinski definition) is 4. The first-order valence-corrected chi connectivity index (χ1v) is 10.1. The first-order valence-electron chi connectivity index (χ1n) is 10.1. The van der Waals surface area contributed by atoms with Crippen LogP contribution in [0, 0.1) is 0 Å². The maximum absolute atomic E-state index is 10.8. The highest BCUT2D eigenvalue weighted by Crippen LogP contribution is 2.20. The van der Waals surface area contributed by atoms with Crippen molar-refractivity contribution < 1.29 is 24.5 Å². The second kappa shape index (κ2) is 14.9. The molecule has 1 saturated heterocycles. The van der Waals surface area contributed by atoms with Crippen LogP contribution in [0.4, 0.5) is 0 Å². The molecule has 0 spiro atoms. The third kappa shape index (κ3) is 12.2. The Bertz CT molecular complexity index is 413. The molecule has 1 aliphatic rings. The third-order valence-corrected chi connectivity index (χ3v) is 4.41. The largest absolute Gasteiger partial charge is 0.481 e. The van der Waals surface area contributed by atoms with E-state index in [2.05, 4.69) is 31.2 Å². The van der Waals surface area contributed by atoms with E-state index in [4.69, 9.17) is 14.6 Å². The maximum atomic E-state index is 10.8. The maximum Gasteiger partial charge on any atom is 0.305 e. The fourth-order valence-electron chi connectivity index (χ4n) is 2.98. The van der Waals surface area contributed by atoms with Gasteiger partial charge in [0.05, 0.1) is 18.6 Å². The minimum absolute atomic E-state index is 0.225. The van der Waals surface area contributed by atoms with Crippen molar-refractivity contribution in [3.8, 4) is 0 Å². The normalized spacial score (nSPS) is 20.6. The lowest BCUT2D eigenvalue weighted by molar-refractivity contribution is -0.192. The molecule has 1 heterocycles. The molecule has 0 aliphatic carbocycles. The van der Waals surface area contributed by atoms with E-state index in [1.54, 1.807) is 0 Å². The van der Waals surface area contributed by atoms with Crippen molar-refractivity contribution in [2.45, 2.75) is 96.1 Å². The summed E-state index contributed by atoms with van der Waals surface area (Å²) in [5.74, 6) is -0.992. The summed E-state index contributed by atoms with van der Waals surface area (Å²) in [5, 5.41) is 18.7. The van der Waals surface area contributed by atoms with Gasteiger partial charge in [-0.25, -0.2) is 0 Å². The van der Waals surface area contributed by atoms with Crippen LogP contribution in [0.2, 0.25) is 0 Å². The summed E-state index contributed by atoms with van der Waals surface area (Å²) in [6.07, 6.45) is 16.7. The number of aliphatic carboxylic acids is 1. The van der Waals surface area contributed by atoms with Gasteiger partial charge in [0.15, 0.2) is 6.29 Å². The molecule has 2 N–H and O–H groups in total. The monoisotopic (exact) mass is 368 g/mol. The van der Waals surface area contributed by atoms with Crippen LogP contribution in [-0.4, -0.2) is 41.3 Å². The van der Waals surface area contributed by atoms with Gasteiger partial charge in [0.25, 0.3) is 0 Å². The second-order valence-corrected chi connectivity index (χ2v) is 6.95. The standard InChI is InChI=1S/C21H36O5/c1-2-3-4-5-6-7-8-9-10-13-19(16-18(22)17-20(23)24)26-21-14-11-12-15-25-21/h6-7,9-10,18-19,21-22H,2-5,8,11-17H2,1H3,(H,23,24)/t18?,19?,21-/m1/s1. The Hall–Kier alpha value is -1.17. The first-order chi connectivity index (χ1) is 12.6. The lowest BCUT2D eigenvalue weighted by Gasteiger charge is -2.28. The van der Waals surface area contributed by atoms with Gasteiger partial charge in [-0.3, -0.25) is 4.79 Å². The molecule has 5 nitrogen and oxygen atoms in total. The quantitative estimate of drug-likeness (QED) is 0.346. The average molecular weight is 369 g/mol. The molecule has 2 unspecified atom stereocenters. The average Bonchev–Trinajstić information content (AvgIpc) is 2.60. The molecule has 1 fully saturated rings. The molecule has 0 aromatic carbocycles. The summed E-state index contributed by atoms with van der Waals surface area (Å²) in [7, 11) is 0. The van der Waals surface area contributed by atoms with E-state index < -0.39 is 12.1 Å². The predicted octanol–water partition coefficient (Wildman–Crippen LogP) is 4.60. The highest BCUT2D eigenvalue weighted by molar-refractivity contribution is 5.67. The Kier molecular flexibility index (Phi) is 13.1. The highest BCUT2D eigenvalue weighted by Gasteiger charge is 2.22. The summed E-state index contributed by atoms with van der Waals surface area (Å²) in [6, 6.07) is 0. The molecule has 26 heavy (non-hydrogen) atoms. The van der Waals surface area contributed by atoms with Crippen LogP contribution in [0.1, 0.15) is 77.6 Å². The number of carbonyl (C=O) groups is 1. The summed E-state index contributed by atoms with van der Waals surface area (Å²) in [5.41, 5.74) is 0. The zero-order valence-electron chi connectivity index (χ0n) is 16.1. The Morgan fingerprint density at radius 1 is 1.23 bits per heavy atom. The van der Waals surface area contributed by atoms with Crippen molar-refractivity contribution in [3.63, 3.8) is 0 Å². The number of ether oxygens (including phenoxy) is 2. The fourth-order valence-corrected chi connectivity index (χ4v) is 2.98. The van der Waals surface area contributed by atoms with E-state index in [1.807, 2.05) is 0 Å². The summed E-state index contributed by atoms with van der Waals surface area (Å²) in [4.78, 5) is 10.8. The summed E-state index contributed by atoms with van der Waals surface area (Å²) in [6.45, 7) is 2.91. The molecule has 5 heteroatoms. The molecule has 3 atom stereocenters. The van der Waals surface area contributed by atoms with Gasteiger partial charge in [-0.2, -0.15) is 0 Å². The van der Waals surface area contributed by atoms with Crippen LogP contribution in [0.3, 0.4) is 0 Å². The molecule has 0 aromatic rings. The summed E-state index contributed by atoms with van der Waals surface area (Å²) >= 11 is 0. The van der Waals surface area contributed by atoms with E-state index in [-0.39, 0.29) is 18.8 Å². The molecule has 1 aliphatic heterocycles. The second-order valence-electron chi connectivity index (χ2n) is 6.95. The van der Waals surface area contributed by atoms with Crippen LogP contribution < -0.4 is 0 Å². The molecular weight excluding hydrogens is 332 g/mol. The highest BCUT2D eigenvalue weighted by atomic mass is 16.7. The Morgan fingerprint density at radius 3 is 2.73 bits per heavy atom. The third-order valence-electron chi connectivity index (χ3n) is 4.41. The van der Waals surface area contributed by atoms with Gasteiger partial charge >= 0.3 is 5.97 Å². The number of aliphatic hydroxyl groups excluding tert-OH is 1. The Labute approximate surface area is 158 Å². The van der Waals surface area contributed by atoms with Crippen molar-refractivity contribution in [1.82, 2.24) is 0 Å². The van der Waals surface area contributed by atoms with Crippen LogP contribution in [0.25, 0.3) is 0 Å². The molecule has 0 bridgehead atoms. The van der Waals surface area contributed by atoms with E-state index >= 15 is 0 Å². The smallest absolute Gasteiger partial charge is 0.305 e. The number of carboxylic acids is 1. The van der Waals surface area contributed by atoms with Crippen molar-refractivity contribution in [3.05, 3.63) is 24.3 Å². The molecular formula is C21H36O5. The van der Waals surface area contributed by atoms with Crippen LogP contribution in [0.5, 0.6) is 0 Å². The molecule has 0 aromatic heterocycles. The fraction of sp³-hybridized carbons (Fsp3) is 0.762. The zero-order chi connectivity index (χ0) is 19.0. The number of carboxylic acid groups (broad SMARTS) is 1.